The first-order valence-electron chi connectivity index (χ1n) is 6.11. The maximum atomic E-state index is 11.9. The molecule has 1 saturated heterocycles. The molecule has 2 N–H and O–H groups in total. The standard InChI is InChI=1S/C12H15N5O.2ClH/c18-12(9-4-5-13-7-9)14-8-11-16-15-10-3-1-2-6-17(10)11;;/h1-3,6,9,13H,4-5,7-8H2,(H,14,18);2*1H. The van der Waals surface area contributed by atoms with Gasteiger partial charge in [-0.25, -0.2) is 0 Å². The zero-order chi connectivity index (χ0) is 12.4. The highest BCUT2D eigenvalue weighted by molar-refractivity contribution is 5.85. The summed E-state index contributed by atoms with van der Waals surface area (Å²) in [5.41, 5.74) is 0.796. The van der Waals surface area contributed by atoms with Crippen molar-refractivity contribution in [3.05, 3.63) is 30.2 Å². The summed E-state index contributed by atoms with van der Waals surface area (Å²) < 4.78 is 1.88. The summed E-state index contributed by atoms with van der Waals surface area (Å²) in [4.78, 5) is 11.9. The third kappa shape index (κ3) is 3.39. The summed E-state index contributed by atoms with van der Waals surface area (Å²) in [6.07, 6.45) is 2.81. The molecule has 1 aliphatic rings. The minimum absolute atomic E-state index is 0. The van der Waals surface area contributed by atoms with E-state index in [9.17, 15) is 4.79 Å². The lowest BCUT2D eigenvalue weighted by atomic mass is 10.1. The molecule has 0 aliphatic carbocycles. The van der Waals surface area contributed by atoms with Crippen LogP contribution in [-0.4, -0.2) is 33.6 Å². The van der Waals surface area contributed by atoms with E-state index in [0.29, 0.717) is 6.54 Å². The molecule has 1 aliphatic heterocycles. The molecule has 1 atom stereocenters. The van der Waals surface area contributed by atoms with E-state index >= 15 is 0 Å². The molecule has 1 amide bonds. The average molecular weight is 318 g/mol. The van der Waals surface area contributed by atoms with Crippen molar-refractivity contribution in [1.82, 2.24) is 25.2 Å². The Bertz CT molecular complexity index is 568. The summed E-state index contributed by atoms with van der Waals surface area (Å²) in [6.45, 7) is 2.11. The molecule has 8 heteroatoms. The quantitative estimate of drug-likeness (QED) is 0.878. The summed E-state index contributed by atoms with van der Waals surface area (Å²) in [5, 5.41) is 14.2. The van der Waals surface area contributed by atoms with E-state index in [4.69, 9.17) is 0 Å². The van der Waals surface area contributed by atoms with Crippen LogP contribution < -0.4 is 10.6 Å². The number of carbonyl (C=O) groups is 1. The number of nitrogens with zero attached hydrogens (tertiary/aromatic N) is 3. The highest BCUT2D eigenvalue weighted by atomic mass is 35.5. The van der Waals surface area contributed by atoms with Crippen LogP contribution in [0.3, 0.4) is 0 Å². The fourth-order valence-electron chi connectivity index (χ4n) is 2.20. The maximum absolute atomic E-state index is 11.9. The number of pyridine rings is 1. The van der Waals surface area contributed by atoms with Crippen molar-refractivity contribution in [2.24, 2.45) is 5.92 Å². The van der Waals surface area contributed by atoms with Crippen molar-refractivity contribution >= 4 is 36.4 Å². The molecule has 6 nitrogen and oxygen atoms in total. The monoisotopic (exact) mass is 317 g/mol. The Balaban J connectivity index is 0.000001000. The maximum Gasteiger partial charge on any atom is 0.224 e. The second kappa shape index (κ2) is 7.42. The summed E-state index contributed by atoms with van der Waals surface area (Å²) in [7, 11) is 0. The third-order valence-electron chi connectivity index (χ3n) is 3.24. The Hall–Kier alpha value is -1.37. The summed E-state index contributed by atoms with van der Waals surface area (Å²) >= 11 is 0. The van der Waals surface area contributed by atoms with E-state index in [0.717, 1.165) is 31.0 Å². The van der Waals surface area contributed by atoms with Gasteiger partial charge in [-0.1, -0.05) is 6.07 Å². The van der Waals surface area contributed by atoms with Gasteiger partial charge in [-0.05, 0) is 25.1 Å². The van der Waals surface area contributed by atoms with Gasteiger partial charge >= 0.3 is 0 Å². The second-order valence-corrected chi connectivity index (χ2v) is 4.45. The Kier molecular flexibility index (Phi) is 6.19. The van der Waals surface area contributed by atoms with Gasteiger partial charge in [-0.15, -0.1) is 35.0 Å². The number of hydrogen-bond donors (Lipinski definition) is 2. The molecule has 1 unspecified atom stereocenters. The molecule has 110 valence electrons. The Morgan fingerprint density at radius 2 is 2.25 bits per heavy atom. The zero-order valence-electron chi connectivity index (χ0n) is 10.8. The van der Waals surface area contributed by atoms with Gasteiger partial charge in [0.2, 0.25) is 5.91 Å². The summed E-state index contributed by atoms with van der Waals surface area (Å²) in [5.74, 6) is 0.932. The van der Waals surface area contributed by atoms with Crippen LogP contribution in [0.4, 0.5) is 0 Å². The normalized spacial score (nSPS) is 17.3. The number of amides is 1. The first kappa shape index (κ1) is 16.7. The SMILES string of the molecule is Cl.Cl.O=C(NCc1nnc2ccccn12)C1CCNC1. The zero-order valence-corrected chi connectivity index (χ0v) is 12.4. The smallest absolute Gasteiger partial charge is 0.224 e. The minimum Gasteiger partial charge on any atom is -0.349 e. The van der Waals surface area contributed by atoms with Gasteiger partial charge in [0.05, 0.1) is 12.5 Å². The lowest BCUT2D eigenvalue weighted by Gasteiger charge is -2.08. The molecule has 20 heavy (non-hydrogen) atoms. The predicted molar refractivity (Wildman–Crippen MR) is 80.3 cm³/mol. The molecule has 0 aromatic carbocycles. The Morgan fingerprint density at radius 1 is 1.40 bits per heavy atom. The molecular formula is C12H17Cl2N5O. The second-order valence-electron chi connectivity index (χ2n) is 4.45. The largest absolute Gasteiger partial charge is 0.349 e. The number of hydrogen-bond acceptors (Lipinski definition) is 4. The number of fused-ring (bicyclic) bond motifs is 1. The van der Waals surface area contributed by atoms with Crippen LogP contribution in [0.1, 0.15) is 12.2 Å². The number of halogens is 2. The van der Waals surface area contributed by atoms with E-state index in [1.807, 2.05) is 28.8 Å². The Morgan fingerprint density at radius 3 is 3.00 bits per heavy atom. The summed E-state index contributed by atoms with van der Waals surface area (Å²) in [6, 6.07) is 5.72. The molecule has 0 spiro atoms. The van der Waals surface area contributed by atoms with E-state index in [1.165, 1.54) is 0 Å². The minimum atomic E-state index is 0. The van der Waals surface area contributed by atoms with Gasteiger partial charge < -0.3 is 10.6 Å². The van der Waals surface area contributed by atoms with Crippen LogP contribution in [0.25, 0.3) is 5.65 Å². The molecular weight excluding hydrogens is 301 g/mol. The van der Waals surface area contributed by atoms with Crippen molar-refractivity contribution in [1.29, 1.82) is 0 Å². The van der Waals surface area contributed by atoms with Crippen LogP contribution in [-0.2, 0) is 11.3 Å². The Labute approximate surface area is 129 Å². The van der Waals surface area contributed by atoms with E-state index in [1.54, 1.807) is 0 Å². The topological polar surface area (TPSA) is 71.3 Å². The first-order valence-corrected chi connectivity index (χ1v) is 6.11. The fraction of sp³-hybridized carbons (Fsp3) is 0.417. The van der Waals surface area contributed by atoms with Crippen molar-refractivity contribution in [2.75, 3.05) is 13.1 Å². The molecule has 0 bridgehead atoms. The molecule has 3 heterocycles. The van der Waals surface area contributed by atoms with Gasteiger partial charge in [0.25, 0.3) is 0 Å². The lowest BCUT2D eigenvalue weighted by Crippen LogP contribution is -2.32. The van der Waals surface area contributed by atoms with Crippen LogP contribution >= 0.6 is 24.8 Å². The van der Waals surface area contributed by atoms with E-state index in [2.05, 4.69) is 20.8 Å². The van der Waals surface area contributed by atoms with E-state index < -0.39 is 0 Å². The van der Waals surface area contributed by atoms with Crippen LogP contribution in [0.15, 0.2) is 24.4 Å². The highest BCUT2D eigenvalue weighted by Crippen LogP contribution is 2.08. The number of carbonyl (C=O) groups excluding carboxylic acids is 1. The number of aromatic nitrogens is 3. The number of rotatable bonds is 3. The molecule has 0 radical (unpaired) electrons. The van der Waals surface area contributed by atoms with Gasteiger partial charge in [0.1, 0.15) is 0 Å². The fourth-order valence-corrected chi connectivity index (χ4v) is 2.20. The van der Waals surface area contributed by atoms with Crippen LogP contribution in [0.5, 0.6) is 0 Å². The first-order chi connectivity index (χ1) is 8.84. The number of nitrogens with one attached hydrogen (secondary N) is 2. The van der Waals surface area contributed by atoms with Crippen molar-refractivity contribution in [3.8, 4) is 0 Å². The molecule has 2 aromatic rings. The van der Waals surface area contributed by atoms with Crippen molar-refractivity contribution in [3.63, 3.8) is 0 Å². The van der Waals surface area contributed by atoms with Gasteiger partial charge in [-0.2, -0.15) is 0 Å². The highest BCUT2D eigenvalue weighted by Gasteiger charge is 2.22. The van der Waals surface area contributed by atoms with Crippen molar-refractivity contribution in [2.45, 2.75) is 13.0 Å². The van der Waals surface area contributed by atoms with Crippen LogP contribution in [0.2, 0.25) is 0 Å². The van der Waals surface area contributed by atoms with Gasteiger partial charge in [0.15, 0.2) is 11.5 Å². The molecule has 3 rings (SSSR count). The molecule has 1 fully saturated rings. The average Bonchev–Trinajstić information content (AvgIpc) is 3.06. The van der Waals surface area contributed by atoms with Crippen molar-refractivity contribution < 1.29 is 4.79 Å². The van der Waals surface area contributed by atoms with E-state index in [-0.39, 0.29) is 36.6 Å². The van der Waals surface area contributed by atoms with Gasteiger partial charge in [0, 0.05) is 12.7 Å². The van der Waals surface area contributed by atoms with Gasteiger partial charge in [-0.3, -0.25) is 9.20 Å². The predicted octanol–water partition coefficient (Wildman–Crippen LogP) is 0.799. The molecule has 0 saturated carbocycles. The van der Waals surface area contributed by atoms with Crippen LogP contribution in [0, 0.1) is 5.92 Å². The lowest BCUT2D eigenvalue weighted by molar-refractivity contribution is -0.124. The molecule has 2 aromatic heterocycles. The third-order valence-corrected chi connectivity index (χ3v) is 3.24.